The lowest BCUT2D eigenvalue weighted by molar-refractivity contribution is 0.138. The summed E-state index contributed by atoms with van der Waals surface area (Å²) in [7, 11) is 4.17. The van der Waals surface area contributed by atoms with E-state index in [2.05, 4.69) is 50.7 Å². The van der Waals surface area contributed by atoms with Crippen LogP contribution >= 0.6 is 0 Å². The summed E-state index contributed by atoms with van der Waals surface area (Å²) >= 11 is 0. The van der Waals surface area contributed by atoms with Gasteiger partial charge in [0.05, 0.1) is 12.5 Å². The van der Waals surface area contributed by atoms with E-state index in [9.17, 15) is 0 Å². The van der Waals surface area contributed by atoms with Crippen LogP contribution in [0, 0.1) is 11.3 Å². The van der Waals surface area contributed by atoms with Gasteiger partial charge < -0.3 is 4.90 Å². The van der Waals surface area contributed by atoms with Crippen molar-refractivity contribution in [2.24, 2.45) is 0 Å². The second-order valence-electron chi connectivity index (χ2n) is 4.15. The van der Waals surface area contributed by atoms with Crippen molar-refractivity contribution >= 4 is 0 Å². The van der Waals surface area contributed by atoms with Crippen molar-refractivity contribution in [3.8, 4) is 6.07 Å². The van der Waals surface area contributed by atoms with Crippen molar-refractivity contribution in [3.63, 3.8) is 0 Å². The van der Waals surface area contributed by atoms with Gasteiger partial charge in [0.2, 0.25) is 0 Å². The first-order valence-corrected chi connectivity index (χ1v) is 5.30. The Morgan fingerprint density at radius 1 is 1.21 bits per heavy atom. The molecule has 2 unspecified atom stereocenters. The Morgan fingerprint density at radius 3 is 2.14 bits per heavy atom. The summed E-state index contributed by atoms with van der Waals surface area (Å²) in [4.78, 5) is 4.57. The third-order valence-corrected chi connectivity index (χ3v) is 2.51. The van der Waals surface area contributed by atoms with E-state index in [1.54, 1.807) is 0 Å². The van der Waals surface area contributed by atoms with Gasteiger partial charge in [-0.05, 0) is 34.5 Å². The minimum Gasteiger partial charge on any atom is -0.308 e. The van der Waals surface area contributed by atoms with Gasteiger partial charge in [0, 0.05) is 18.6 Å². The predicted octanol–water partition coefficient (Wildman–Crippen LogP) is 1.56. The normalized spacial score (nSPS) is 15.6. The Bertz CT molecular complexity index is 183. The molecule has 2 atom stereocenters. The zero-order valence-electron chi connectivity index (χ0n) is 10.1. The molecule has 0 bridgehead atoms. The van der Waals surface area contributed by atoms with Gasteiger partial charge in [-0.2, -0.15) is 5.26 Å². The van der Waals surface area contributed by atoms with Crippen molar-refractivity contribution < 1.29 is 0 Å². The average molecular weight is 197 g/mol. The van der Waals surface area contributed by atoms with Crippen LogP contribution in [0.25, 0.3) is 0 Å². The molecular formula is C11H23N3. The lowest BCUT2D eigenvalue weighted by atomic mass is 10.1. The molecule has 0 rings (SSSR count). The molecule has 0 spiro atoms. The van der Waals surface area contributed by atoms with Crippen LogP contribution in [0.3, 0.4) is 0 Å². The Morgan fingerprint density at radius 2 is 1.79 bits per heavy atom. The third kappa shape index (κ3) is 4.59. The van der Waals surface area contributed by atoms with E-state index in [4.69, 9.17) is 5.26 Å². The van der Waals surface area contributed by atoms with Gasteiger partial charge in [-0.25, -0.2) is 0 Å². The Hall–Kier alpha value is -0.590. The summed E-state index contributed by atoms with van der Waals surface area (Å²) in [5.74, 6) is 0. The van der Waals surface area contributed by atoms with Gasteiger partial charge in [0.25, 0.3) is 0 Å². The van der Waals surface area contributed by atoms with Crippen molar-refractivity contribution in [3.05, 3.63) is 0 Å². The Kier molecular flexibility index (Phi) is 6.52. The molecule has 0 aromatic heterocycles. The lowest BCUT2D eigenvalue weighted by Gasteiger charge is -2.34. The molecule has 0 heterocycles. The lowest BCUT2D eigenvalue weighted by Crippen LogP contribution is -2.44. The summed E-state index contributed by atoms with van der Waals surface area (Å²) in [5.41, 5.74) is 0. The number of hydrogen-bond acceptors (Lipinski definition) is 3. The summed E-state index contributed by atoms with van der Waals surface area (Å²) in [6, 6.07) is 3.11. The molecule has 0 fully saturated rings. The fourth-order valence-electron chi connectivity index (χ4n) is 1.94. The molecule has 3 heteroatoms. The Labute approximate surface area is 88.3 Å². The molecule has 0 saturated carbocycles. The van der Waals surface area contributed by atoms with E-state index in [0.717, 1.165) is 13.1 Å². The van der Waals surface area contributed by atoms with Crippen molar-refractivity contribution in [1.29, 1.82) is 5.26 Å². The molecular weight excluding hydrogens is 174 g/mol. The highest BCUT2D eigenvalue weighted by Gasteiger charge is 2.18. The zero-order chi connectivity index (χ0) is 11.1. The first-order valence-electron chi connectivity index (χ1n) is 5.30. The molecule has 14 heavy (non-hydrogen) atoms. The maximum absolute atomic E-state index is 8.66. The molecule has 0 aliphatic carbocycles. The number of nitrogens with zero attached hydrogens (tertiary/aromatic N) is 3. The number of nitriles is 1. The molecule has 0 saturated heterocycles. The highest BCUT2D eigenvalue weighted by Crippen LogP contribution is 2.08. The fraction of sp³-hybridized carbons (Fsp3) is 0.909. The van der Waals surface area contributed by atoms with Crippen LogP contribution in [0.1, 0.15) is 27.2 Å². The van der Waals surface area contributed by atoms with Gasteiger partial charge in [0.15, 0.2) is 0 Å². The largest absolute Gasteiger partial charge is 0.308 e. The molecule has 82 valence electrons. The van der Waals surface area contributed by atoms with Gasteiger partial charge in [0.1, 0.15) is 0 Å². The maximum Gasteiger partial charge on any atom is 0.0638 e. The van der Waals surface area contributed by atoms with Crippen LogP contribution < -0.4 is 0 Å². The quantitative estimate of drug-likeness (QED) is 0.647. The maximum atomic E-state index is 8.66. The first-order chi connectivity index (χ1) is 6.52. The van der Waals surface area contributed by atoms with E-state index in [1.807, 2.05) is 0 Å². The molecule has 3 nitrogen and oxygen atoms in total. The summed E-state index contributed by atoms with van der Waals surface area (Å²) < 4.78 is 0. The molecule has 0 N–H and O–H groups in total. The van der Waals surface area contributed by atoms with E-state index < -0.39 is 0 Å². The van der Waals surface area contributed by atoms with Gasteiger partial charge in [-0.3, -0.25) is 4.90 Å². The highest BCUT2D eigenvalue weighted by atomic mass is 15.2. The number of likely N-dealkylation sites (N-methyl/N-ethyl adjacent to an activating group) is 2. The number of rotatable bonds is 6. The van der Waals surface area contributed by atoms with E-state index in [0.29, 0.717) is 18.5 Å². The fourth-order valence-corrected chi connectivity index (χ4v) is 1.94. The molecule has 0 aromatic rings. The second kappa shape index (κ2) is 6.80. The monoisotopic (exact) mass is 197 g/mol. The second-order valence-corrected chi connectivity index (χ2v) is 4.15. The first kappa shape index (κ1) is 13.4. The molecule has 0 amide bonds. The smallest absolute Gasteiger partial charge is 0.0638 e. The summed E-state index contributed by atoms with van der Waals surface area (Å²) in [6.07, 6.45) is 0.617. The zero-order valence-corrected chi connectivity index (χ0v) is 10.1. The van der Waals surface area contributed by atoms with Crippen LogP contribution in [0.5, 0.6) is 0 Å². The highest BCUT2D eigenvalue weighted by molar-refractivity contribution is 4.82. The standard InChI is InChI=1S/C11H23N3/c1-6-14(10(2)7-8-12)11(3)9-13(4)5/h10-11H,6-7,9H2,1-5H3. The summed E-state index contributed by atoms with van der Waals surface area (Å²) in [5, 5.41) is 8.66. The predicted molar refractivity (Wildman–Crippen MR) is 60.1 cm³/mol. The van der Waals surface area contributed by atoms with Crippen LogP contribution in [0.4, 0.5) is 0 Å². The molecule has 0 aromatic carbocycles. The molecule has 0 aliphatic rings. The summed E-state index contributed by atoms with van der Waals surface area (Å²) in [6.45, 7) is 8.55. The minimum atomic E-state index is 0.361. The van der Waals surface area contributed by atoms with E-state index >= 15 is 0 Å². The third-order valence-electron chi connectivity index (χ3n) is 2.51. The van der Waals surface area contributed by atoms with Gasteiger partial charge in [-0.1, -0.05) is 6.92 Å². The van der Waals surface area contributed by atoms with Crippen LogP contribution in [0.15, 0.2) is 0 Å². The van der Waals surface area contributed by atoms with Crippen LogP contribution in [-0.2, 0) is 0 Å². The SMILES string of the molecule is CCN(C(C)CC#N)C(C)CN(C)C. The van der Waals surface area contributed by atoms with Crippen LogP contribution in [0.2, 0.25) is 0 Å². The average Bonchev–Trinajstić information content (AvgIpc) is 2.04. The van der Waals surface area contributed by atoms with E-state index in [1.165, 1.54) is 0 Å². The van der Waals surface area contributed by atoms with Gasteiger partial charge >= 0.3 is 0 Å². The minimum absolute atomic E-state index is 0.361. The van der Waals surface area contributed by atoms with Crippen molar-refractivity contribution in [2.45, 2.75) is 39.3 Å². The van der Waals surface area contributed by atoms with Crippen molar-refractivity contribution in [2.75, 3.05) is 27.2 Å². The topological polar surface area (TPSA) is 30.3 Å². The number of hydrogen-bond donors (Lipinski definition) is 0. The van der Waals surface area contributed by atoms with Gasteiger partial charge in [-0.15, -0.1) is 0 Å². The Balaban J connectivity index is 4.18. The van der Waals surface area contributed by atoms with E-state index in [-0.39, 0.29) is 0 Å². The molecule has 0 aliphatic heterocycles. The van der Waals surface area contributed by atoms with Crippen LogP contribution in [-0.4, -0.2) is 49.1 Å². The van der Waals surface area contributed by atoms with Crippen molar-refractivity contribution in [1.82, 2.24) is 9.80 Å². The molecule has 0 radical (unpaired) electrons.